The molecule has 1 atom stereocenters. The van der Waals surface area contributed by atoms with Crippen LogP contribution in [-0.4, -0.2) is 33.9 Å². The first-order valence-corrected chi connectivity index (χ1v) is 12.5. The van der Waals surface area contributed by atoms with Crippen molar-refractivity contribution in [3.05, 3.63) is 64.0 Å². The number of nitrogens with two attached hydrogens (primary N) is 1. The molecule has 6 nitrogen and oxygen atoms in total. The van der Waals surface area contributed by atoms with Crippen LogP contribution in [0.4, 0.5) is 24.7 Å². The first-order chi connectivity index (χ1) is 17.5. The summed E-state index contributed by atoms with van der Waals surface area (Å²) in [7, 11) is 0. The van der Waals surface area contributed by atoms with Crippen LogP contribution in [0.1, 0.15) is 66.4 Å². The molecule has 0 radical (unpaired) electrons. The van der Waals surface area contributed by atoms with E-state index < -0.39 is 17.8 Å². The molecule has 2 aliphatic rings. The number of carbonyl (C=O) groups excluding carboxylic acids is 1. The van der Waals surface area contributed by atoms with E-state index in [0.717, 1.165) is 54.3 Å². The van der Waals surface area contributed by atoms with Crippen LogP contribution >= 0.6 is 0 Å². The van der Waals surface area contributed by atoms with Crippen LogP contribution in [0.25, 0.3) is 16.5 Å². The highest BCUT2D eigenvalue weighted by Crippen LogP contribution is 2.40. The van der Waals surface area contributed by atoms with E-state index >= 15 is 0 Å². The van der Waals surface area contributed by atoms with Crippen molar-refractivity contribution in [1.29, 1.82) is 0 Å². The number of rotatable bonds is 4. The van der Waals surface area contributed by atoms with Crippen molar-refractivity contribution in [2.75, 3.05) is 24.1 Å². The number of benzene rings is 2. The van der Waals surface area contributed by atoms with E-state index in [1.54, 1.807) is 19.9 Å². The first kappa shape index (κ1) is 25.0. The normalized spacial score (nSPS) is 16.5. The van der Waals surface area contributed by atoms with Gasteiger partial charge >= 0.3 is 6.18 Å². The van der Waals surface area contributed by atoms with Gasteiger partial charge in [-0.3, -0.25) is 4.79 Å². The fourth-order valence-corrected chi connectivity index (χ4v) is 5.46. The third-order valence-corrected chi connectivity index (χ3v) is 7.33. The van der Waals surface area contributed by atoms with E-state index in [4.69, 9.17) is 10.7 Å². The summed E-state index contributed by atoms with van der Waals surface area (Å²) in [6, 6.07) is 5.27. The van der Waals surface area contributed by atoms with E-state index in [-0.39, 0.29) is 11.6 Å². The number of amides is 1. The molecule has 3 N–H and O–H groups in total. The van der Waals surface area contributed by atoms with Gasteiger partial charge in [-0.1, -0.05) is 6.08 Å². The number of carbonyl (C=O) groups is 1. The van der Waals surface area contributed by atoms with Gasteiger partial charge in [0.2, 0.25) is 5.91 Å². The number of nitrogens with zero attached hydrogens (tertiary/aromatic N) is 3. The Labute approximate surface area is 213 Å². The van der Waals surface area contributed by atoms with Crippen LogP contribution in [0.2, 0.25) is 0 Å². The zero-order valence-electron chi connectivity index (χ0n) is 21.2. The van der Waals surface area contributed by atoms with Crippen molar-refractivity contribution in [1.82, 2.24) is 14.9 Å². The number of nitrogens with one attached hydrogen (secondary N) is 1. The number of aromatic nitrogens is 2. The zero-order chi connectivity index (χ0) is 26.5. The van der Waals surface area contributed by atoms with Gasteiger partial charge in [0.1, 0.15) is 11.6 Å². The highest BCUT2D eigenvalue weighted by molar-refractivity contribution is 5.96. The molecule has 1 amide bonds. The number of halogens is 3. The number of hydrogen-bond donors (Lipinski definition) is 2. The Balaban J connectivity index is 1.58. The summed E-state index contributed by atoms with van der Waals surface area (Å²) < 4.78 is 40.2. The number of nitrogen functional groups attached to an aromatic ring is 1. The lowest BCUT2D eigenvalue weighted by molar-refractivity contribution is -0.137. The van der Waals surface area contributed by atoms with Gasteiger partial charge < -0.3 is 16.0 Å². The number of hydrogen-bond acceptors (Lipinski definition) is 5. The molecule has 0 bridgehead atoms. The smallest absolute Gasteiger partial charge is 0.399 e. The highest BCUT2D eigenvalue weighted by atomic mass is 19.4. The van der Waals surface area contributed by atoms with Crippen LogP contribution < -0.4 is 11.1 Å². The summed E-state index contributed by atoms with van der Waals surface area (Å²) in [6.45, 7) is 6.47. The lowest BCUT2D eigenvalue weighted by Crippen LogP contribution is -2.32. The summed E-state index contributed by atoms with van der Waals surface area (Å²) in [5.74, 6) is 1.25. The fraction of sp³-hybridized carbons (Fsp3) is 0.393. The summed E-state index contributed by atoms with van der Waals surface area (Å²) in [6.07, 6.45) is 1.35. The number of fused-ring (bicyclic) bond motifs is 3. The van der Waals surface area contributed by atoms with Crippen molar-refractivity contribution < 1.29 is 18.0 Å². The van der Waals surface area contributed by atoms with E-state index in [1.807, 2.05) is 11.8 Å². The minimum atomic E-state index is -4.48. The van der Waals surface area contributed by atoms with Gasteiger partial charge in [0.25, 0.3) is 0 Å². The summed E-state index contributed by atoms with van der Waals surface area (Å²) in [4.78, 5) is 23.1. The maximum absolute atomic E-state index is 13.4. The Morgan fingerprint density at radius 1 is 1.11 bits per heavy atom. The molecule has 1 aromatic heterocycles. The summed E-state index contributed by atoms with van der Waals surface area (Å²) >= 11 is 0. The second-order valence-electron chi connectivity index (χ2n) is 9.95. The standard InChI is InChI=1S/C28H30F3N5O/c1-15(19-11-20(28(29,30)31)13-21(32)12-19)33-27-25-14-24(18-7-9-36(10-8-18)17(3)37)22-5-4-6-23(22)26(25)34-16(2)35-27/h7,11-15H,4-6,8-10,32H2,1-3H3,(H,33,34,35)/t15-/m1/s1. The molecule has 2 heterocycles. The monoisotopic (exact) mass is 509 g/mol. The van der Waals surface area contributed by atoms with Crippen molar-refractivity contribution in [2.24, 2.45) is 0 Å². The van der Waals surface area contributed by atoms with Crippen molar-refractivity contribution in [2.45, 2.75) is 58.7 Å². The SMILES string of the molecule is CC(=O)N1CC=C(c2cc3c(N[C@H](C)c4cc(N)cc(C(F)(F)F)c4)nc(C)nc3c3c2CCC3)CC1. The quantitative estimate of drug-likeness (QED) is 0.432. The Bertz CT molecular complexity index is 1430. The molecule has 0 unspecified atom stereocenters. The predicted octanol–water partition coefficient (Wildman–Crippen LogP) is 5.84. The van der Waals surface area contributed by atoms with Crippen LogP contribution in [0.5, 0.6) is 0 Å². The van der Waals surface area contributed by atoms with Crippen molar-refractivity contribution in [3.63, 3.8) is 0 Å². The van der Waals surface area contributed by atoms with Gasteiger partial charge in [-0.25, -0.2) is 9.97 Å². The lowest BCUT2D eigenvalue weighted by Gasteiger charge is -2.27. The number of alkyl halides is 3. The van der Waals surface area contributed by atoms with Crippen molar-refractivity contribution >= 4 is 33.9 Å². The molecule has 1 aliphatic heterocycles. The van der Waals surface area contributed by atoms with Gasteiger partial charge in [-0.15, -0.1) is 0 Å². The van der Waals surface area contributed by atoms with E-state index in [9.17, 15) is 18.0 Å². The largest absolute Gasteiger partial charge is 0.416 e. The molecule has 194 valence electrons. The Morgan fingerprint density at radius 3 is 2.54 bits per heavy atom. The van der Waals surface area contributed by atoms with Crippen LogP contribution in [0.3, 0.4) is 0 Å². The predicted molar refractivity (Wildman–Crippen MR) is 139 cm³/mol. The lowest BCUT2D eigenvalue weighted by atomic mass is 9.90. The first-order valence-electron chi connectivity index (χ1n) is 12.5. The Kier molecular flexibility index (Phi) is 6.33. The fourth-order valence-electron chi connectivity index (χ4n) is 5.46. The molecule has 0 saturated heterocycles. The molecule has 3 aromatic rings. The van der Waals surface area contributed by atoms with Gasteiger partial charge in [0.05, 0.1) is 17.1 Å². The topological polar surface area (TPSA) is 84.1 Å². The zero-order valence-corrected chi connectivity index (χ0v) is 21.2. The van der Waals surface area contributed by atoms with E-state index in [2.05, 4.69) is 22.4 Å². The second-order valence-corrected chi connectivity index (χ2v) is 9.95. The maximum Gasteiger partial charge on any atom is 0.416 e. The second kappa shape index (κ2) is 9.36. The minimum Gasteiger partial charge on any atom is -0.399 e. The van der Waals surface area contributed by atoms with Gasteiger partial charge in [0, 0.05) is 31.1 Å². The molecule has 0 saturated carbocycles. The molecular weight excluding hydrogens is 479 g/mol. The van der Waals surface area contributed by atoms with Gasteiger partial charge in [0.15, 0.2) is 0 Å². The number of aryl methyl sites for hydroxylation is 2. The Morgan fingerprint density at radius 2 is 1.86 bits per heavy atom. The third-order valence-electron chi connectivity index (χ3n) is 7.33. The Hall–Kier alpha value is -3.62. The summed E-state index contributed by atoms with van der Waals surface area (Å²) in [5.41, 5.74) is 11.3. The molecule has 1 aliphatic carbocycles. The maximum atomic E-state index is 13.4. The van der Waals surface area contributed by atoms with Crippen LogP contribution in [-0.2, 0) is 23.8 Å². The highest BCUT2D eigenvalue weighted by Gasteiger charge is 2.32. The van der Waals surface area contributed by atoms with Gasteiger partial charge in [-0.05, 0) is 91.6 Å². The molecular formula is C28H30F3N5O. The van der Waals surface area contributed by atoms with Gasteiger partial charge in [-0.2, -0.15) is 13.2 Å². The molecule has 5 rings (SSSR count). The average Bonchev–Trinajstić information content (AvgIpc) is 3.33. The van der Waals surface area contributed by atoms with E-state index in [1.165, 1.54) is 16.7 Å². The molecule has 37 heavy (non-hydrogen) atoms. The third kappa shape index (κ3) is 4.86. The average molecular weight is 510 g/mol. The molecule has 0 spiro atoms. The van der Waals surface area contributed by atoms with Crippen LogP contribution in [0.15, 0.2) is 30.3 Å². The molecule has 9 heteroatoms. The van der Waals surface area contributed by atoms with Crippen LogP contribution in [0, 0.1) is 6.92 Å². The molecule has 2 aromatic carbocycles. The van der Waals surface area contributed by atoms with Crippen molar-refractivity contribution in [3.8, 4) is 0 Å². The number of anilines is 2. The summed E-state index contributed by atoms with van der Waals surface area (Å²) in [5, 5.41) is 4.19. The van der Waals surface area contributed by atoms with E-state index in [0.29, 0.717) is 30.3 Å². The molecule has 0 fully saturated rings. The minimum absolute atomic E-state index is 0.0612.